The number of aromatic nitrogens is 1. The molecule has 2 aromatic rings. The van der Waals surface area contributed by atoms with E-state index in [4.69, 9.17) is 14.2 Å². The molecule has 4 rings (SSSR count). The van der Waals surface area contributed by atoms with Crippen LogP contribution in [0.25, 0.3) is 0 Å². The highest BCUT2D eigenvalue weighted by Crippen LogP contribution is 2.34. The minimum absolute atomic E-state index is 0.0551. The standard InChI is InChI=1S/C21H27N3O6S/c1-28-19-7-6-15(12-20(19)30-16-4-2-3-5-16)23-21(25)18-13-17(14-22-18)31(26,27)24-8-10-29-11-9-24/h6-7,12-14,16,22H,2-5,8-11H2,1H3,(H,23,25). The van der Waals surface area contributed by atoms with Crippen molar-refractivity contribution >= 4 is 21.6 Å². The molecule has 2 N–H and O–H groups in total. The van der Waals surface area contributed by atoms with Gasteiger partial charge in [0.2, 0.25) is 10.0 Å². The van der Waals surface area contributed by atoms with Crippen molar-refractivity contribution < 1.29 is 27.4 Å². The van der Waals surface area contributed by atoms with Crippen LogP contribution in [0.3, 0.4) is 0 Å². The van der Waals surface area contributed by atoms with Crippen LogP contribution in [0.1, 0.15) is 36.2 Å². The summed E-state index contributed by atoms with van der Waals surface area (Å²) in [5.41, 5.74) is 0.687. The second-order valence-electron chi connectivity index (χ2n) is 7.61. The van der Waals surface area contributed by atoms with Gasteiger partial charge >= 0.3 is 0 Å². The molecule has 0 atom stereocenters. The van der Waals surface area contributed by atoms with Crippen LogP contribution in [0.15, 0.2) is 35.4 Å². The van der Waals surface area contributed by atoms with Gasteiger partial charge in [-0.05, 0) is 43.9 Å². The van der Waals surface area contributed by atoms with E-state index in [1.54, 1.807) is 25.3 Å². The van der Waals surface area contributed by atoms with Crippen LogP contribution in [0.5, 0.6) is 11.5 Å². The maximum absolute atomic E-state index is 12.7. The van der Waals surface area contributed by atoms with E-state index in [-0.39, 0.29) is 16.7 Å². The van der Waals surface area contributed by atoms with Crippen molar-refractivity contribution in [2.75, 3.05) is 38.7 Å². The maximum Gasteiger partial charge on any atom is 0.272 e. The van der Waals surface area contributed by atoms with Crippen molar-refractivity contribution in [1.29, 1.82) is 0 Å². The number of ether oxygens (including phenoxy) is 3. The summed E-state index contributed by atoms with van der Waals surface area (Å²) in [5.74, 6) is 0.735. The number of anilines is 1. The van der Waals surface area contributed by atoms with Gasteiger partial charge in [-0.15, -0.1) is 0 Å². The molecule has 0 unspecified atom stereocenters. The zero-order chi connectivity index (χ0) is 21.8. The fourth-order valence-corrected chi connectivity index (χ4v) is 5.22. The highest BCUT2D eigenvalue weighted by atomic mass is 32.2. The monoisotopic (exact) mass is 449 g/mol. The summed E-state index contributed by atoms with van der Waals surface area (Å²) in [6, 6.07) is 6.53. The smallest absolute Gasteiger partial charge is 0.272 e. The third kappa shape index (κ3) is 4.86. The van der Waals surface area contributed by atoms with E-state index in [0.29, 0.717) is 43.5 Å². The molecule has 1 saturated heterocycles. The molecule has 10 heteroatoms. The van der Waals surface area contributed by atoms with E-state index in [9.17, 15) is 13.2 Å². The van der Waals surface area contributed by atoms with Gasteiger partial charge in [0.1, 0.15) is 10.6 Å². The number of carbonyl (C=O) groups excluding carboxylic acids is 1. The largest absolute Gasteiger partial charge is 0.493 e. The molecule has 31 heavy (non-hydrogen) atoms. The Balaban J connectivity index is 1.47. The van der Waals surface area contributed by atoms with Gasteiger partial charge in [0, 0.05) is 31.0 Å². The topological polar surface area (TPSA) is 110 Å². The molecule has 0 spiro atoms. The number of aromatic amines is 1. The molecule has 1 aliphatic heterocycles. The van der Waals surface area contributed by atoms with Crippen molar-refractivity contribution in [1.82, 2.24) is 9.29 Å². The van der Waals surface area contributed by atoms with Crippen LogP contribution < -0.4 is 14.8 Å². The zero-order valence-corrected chi connectivity index (χ0v) is 18.2. The summed E-state index contributed by atoms with van der Waals surface area (Å²) < 4.78 is 43.5. The Morgan fingerprint density at radius 2 is 1.90 bits per heavy atom. The number of H-pyrrole nitrogens is 1. The quantitative estimate of drug-likeness (QED) is 0.672. The number of amides is 1. The molecule has 2 aliphatic rings. The van der Waals surface area contributed by atoms with E-state index in [1.165, 1.54) is 16.6 Å². The Morgan fingerprint density at radius 1 is 1.16 bits per heavy atom. The second-order valence-corrected chi connectivity index (χ2v) is 9.55. The predicted molar refractivity (Wildman–Crippen MR) is 114 cm³/mol. The first-order valence-electron chi connectivity index (χ1n) is 10.4. The number of hydrogen-bond acceptors (Lipinski definition) is 6. The molecular formula is C21H27N3O6S. The number of benzene rings is 1. The Bertz CT molecular complexity index is 1020. The van der Waals surface area contributed by atoms with Crippen LogP contribution in [0.4, 0.5) is 5.69 Å². The number of sulfonamides is 1. The second kappa shape index (κ2) is 9.29. The Kier molecular flexibility index (Phi) is 6.49. The lowest BCUT2D eigenvalue weighted by atomic mass is 10.2. The maximum atomic E-state index is 12.7. The molecule has 168 valence electrons. The molecule has 1 aromatic carbocycles. The van der Waals surface area contributed by atoms with E-state index in [1.807, 2.05) is 0 Å². The van der Waals surface area contributed by atoms with Crippen molar-refractivity contribution in [2.24, 2.45) is 0 Å². The van der Waals surface area contributed by atoms with Gasteiger partial charge in [0.05, 0.1) is 26.4 Å². The predicted octanol–water partition coefficient (Wildman–Crippen LogP) is 2.62. The minimum atomic E-state index is -3.67. The van der Waals surface area contributed by atoms with Crippen molar-refractivity contribution in [2.45, 2.75) is 36.7 Å². The number of hydrogen-bond donors (Lipinski definition) is 2. The first-order valence-corrected chi connectivity index (χ1v) is 11.8. The number of nitrogens with one attached hydrogen (secondary N) is 2. The lowest BCUT2D eigenvalue weighted by Crippen LogP contribution is -2.40. The number of carbonyl (C=O) groups is 1. The fraction of sp³-hybridized carbons (Fsp3) is 0.476. The van der Waals surface area contributed by atoms with E-state index >= 15 is 0 Å². The molecule has 0 bridgehead atoms. The number of nitrogens with zero attached hydrogens (tertiary/aromatic N) is 1. The highest BCUT2D eigenvalue weighted by molar-refractivity contribution is 7.89. The van der Waals surface area contributed by atoms with Crippen molar-refractivity contribution in [3.05, 3.63) is 36.2 Å². The van der Waals surface area contributed by atoms with E-state index in [2.05, 4.69) is 10.3 Å². The number of morpholine rings is 1. The summed E-state index contributed by atoms with van der Waals surface area (Å²) in [7, 11) is -2.10. The minimum Gasteiger partial charge on any atom is -0.493 e. The van der Waals surface area contributed by atoms with Gasteiger partial charge in [0.15, 0.2) is 11.5 Å². The molecular weight excluding hydrogens is 422 g/mol. The van der Waals surface area contributed by atoms with E-state index in [0.717, 1.165) is 25.7 Å². The lowest BCUT2D eigenvalue weighted by Gasteiger charge is -2.25. The fourth-order valence-electron chi connectivity index (χ4n) is 3.82. The van der Waals surface area contributed by atoms with Gasteiger partial charge in [-0.3, -0.25) is 4.79 Å². The van der Waals surface area contributed by atoms with Crippen LogP contribution in [-0.2, 0) is 14.8 Å². The zero-order valence-electron chi connectivity index (χ0n) is 17.4. The molecule has 9 nitrogen and oxygen atoms in total. The Hall–Kier alpha value is -2.56. The molecule has 1 aliphatic carbocycles. The third-order valence-electron chi connectivity index (χ3n) is 5.53. The number of methoxy groups -OCH3 is 1. The highest BCUT2D eigenvalue weighted by Gasteiger charge is 2.28. The van der Waals surface area contributed by atoms with Crippen molar-refractivity contribution in [3.63, 3.8) is 0 Å². The molecule has 1 aromatic heterocycles. The Morgan fingerprint density at radius 3 is 2.61 bits per heavy atom. The summed E-state index contributed by atoms with van der Waals surface area (Å²) >= 11 is 0. The summed E-state index contributed by atoms with van der Waals surface area (Å²) in [5, 5.41) is 2.78. The average Bonchev–Trinajstić information content (AvgIpc) is 3.47. The molecule has 2 heterocycles. The van der Waals surface area contributed by atoms with E-state index < -0.39 is 15.9 Å². The summed E-state index contributed by atoms with van der Waals surface area (Å²) in [4.78, 5) is 15.5. The normalized spacial score (nSPS) is 18.1. The van der Waals surface area contributed by atoms with Gasteiger partial charge in [0.25, 0.3) is 5.91 Å². The van der Waals surface area contributed by atoms with Crippen molar-refractivity contribution in [3.8, 4) is 11.5 Å². The van der Waals surface area contributed by atoms with Gasteiger partial charge in [-0.25, -0.2) is 8.42 Å². The number of rotatable bonds is 7. The van der Waals surface area contributed by atoms with Gasteiger partial charge in [-0.1, -0.05) is 0 Å². The van der Waals surface area contributed by atoms with Crippen LogP contribution in [0.2, 0.25) is 0 Å². The van der Waals surface area contributed by atoms with Crippen LogP contribution in [0, 0.1) is 0 Å². The summed E-state index contributed by atoms with van der Waals surface area (Å²) in [6.07, 6.45) is 5.78. The van der Waals surface area contributed by atoms with Gasteiger partial charge in [-0.2, -0.15) is 4.31 Å². The average molecular weight is 450 g/mol. The third-order valence-corrected chi connectivity index (χ3v) is 7.40. The SMILES string of the molecule is COc1ccc(NC(=O)c2cc(S(=O)(=O)N3CCOCC3)c[nH]2)cc1OC1CCCC1. The van der Waals surface area contributed by atoms with Crippen LogP contribution >= 0.6 is 0 Å². The Labute approximate surface area is 181 Å². The first-order chi connectivity index (χ1) is 15.0. The van der Waals surface area contributed by atoms with Crippen LogP contribution in [-0.4, -0.2) is 63.1 Å². The lowest BCUT2D eigenvalue weighted by molar-refractivity contribution is 0.0730. The van der Waals surface area contributed by atoms with Gasteiger partial charge < -0.3 is 24.5 Å². The molecule has 1 saturated carbocycles. The molecule has 0 radical (unpaired) electrons. The summed E-state index contributed by atoms with van der Waals surface area (Å²) in [6.45, 7) is 1.31. The molecule has 2 fully saturated rings. The molecule has 1 amide bonds. The first kappa shape index (κ1) is 21.7.